The Kier molecular flexibility index (Phi) is 6.23. The molecule has 2 unspecified atom stereocenters. The van der Waals surface area contributed by atoms with Gasteiger partial charge >= 0.3 is 18.2 Å². The maximum absolute atomic E-state index is 12.5. The normalized spacial score (nSPS) is 17.3. The number of carbonyl (C=O) groups is 3. The molecule has 3 rings (SSSR count). The van der Waals surface area contributed by atoms with E-state index in [0.717, 1.165) is 11.1 Å². The van der Waals surface area contributed by atoms with Gasteiger partial charge in [-0.15, -0.1) is 5.01 Å². The fraction of sp³-hybridized carbons (Fsp3) is 0.250. The molecule has 2 atom stereocenters. The van der Waals surface area contributed by atoms with Crippen LogP contribution >= 0.6 is 0 Å². The van der Waals surface area contributed by atoms with Crippen LogP contribution in [0.2, 0.25) is 0 Å². The van der Waals surface area contributed by atoms with E-state index in [1.807, 2.05) is 36.4 Å². The molecule has 1 aliphatic heterocycles. The second kappa shape index (κ2) is 9.01. The number of imide groups is 1. The molecule has 0 radical (unpaired) electrons. The monoisotopic (exact) mass is 384 g/mol. The van der Waals surface area contributed by atoms with Gasteiger partial charge in [-0.1, -0.05) is 60.7 Å². The lowest BCUT2D eigenvalue weighted by molar-refractivity contribution is -0.141. The van der Waals surface area contributed by atoms with Crippen molar-refractivity contribution in [2.75, 3.05) is 13.7 Å². The van der Waals surface area contributed by atoms with Crippen molar-refractivity contribution in [2.45, 2.75) is 19.3 Å². The standard InChI is InChI=1S/C20H20N2O6/c1-26-18(23)17-12-21(17)22(19(24)27-13-15-8-4-2-5-9-15)20(25)28-14-16-10-6-3-7-11-16/h2-11,17H,12-14H2,1H3. The van der Waals surface area contributed by atoms with Crippen LogP contribution in [0.3, 0.4) is 0 Å². The third-order valence-electron chi connectivity index (χ3n) is 4.07. The Morgan fingerprint density at radius 3 is 1.79 bits per heavy atom. The van der Waals surface area contributed by atoms with E-state index in [2.05, 4.69) is 4.74 Å². The van der Waals surface area contributed by atoms with Crippen LogP contribution in [-0.2, 0) is 32.2 Å². The second-order valence-corrected chi connectivity index (χ2v) is 6.05. The molecule has 1 fully saturated rings. The summed E-state index contributed by atoms with van der Waals surface area (Å²) in [7, 11) is 1.24. The van der Waals surface area contributed by atoms with Crippen LogP contribution < -0.4 is 0 Å². The number of hydrogen-bond acceptors (Lipinski definition) is 7. The summed E-state index contributed by atoms with van der Waals surface area (Å²) >= 11 is 0. The van der Waals surface area contributed by atoms with E-state index in [1.54, 1.807) is 24.3 Å². The van der Waals surface area contributed by atoms with Crippen molar-refractivity contribution in [3.63, 3.8) is 0 Å². The van der Waals surface area contributed by atoms with Gasteiger partial charge in [-0.25, -0.2) is 9.59 Å². The first-order chi connectivity index (χ1) is 13.6. The third kappa shape index (κ3) is 4.86. The Morgan fingerprint density at radius 1 is 0.893 bits per heavy atom. The summed E-state index contributed by atoms with van der Waals surface area (Å²) in [6.07, 6.45) is -1.85. The molecule has 2 aromatic rings. The van der Waals surface area contributed by atoms with Crippen molar-refractivity contribution >= 4 is 18.2 Å². The number of hydrazine groups is 1. The molecule has 146 valence electrons. The number of carbonyl (C=O) groups excluding carboxylic acids is 3. The van der Waals surface area contributed by atoms with Crippen molar-refractivity contribution in [2.24, 2.45) is 0 Å². The van der Waals surface area contributed by atoms with Crippen LogP contribution in [-0.4, -0.2) is 47.9 Å². The molecule has 0 N–H and O–H groups in total. The summed E-state index contributed by atoms with van der Waals surface area (Å²) in [5.74, 6) is -0.545. The molecule has 1 aliphatic rings. The minimum absolute atomic E-state index is 0.0150. The van der Waals surface area contributed by atoms with E-state index in [-0.39, 0.29) is 19.8 Å². The fourth-order valence-corrected chi connectivity index (χ4v) is 2.53. The molecular formula is C20H20N2O6. The van der Waals surface area contributed by atoms with Gasteiger partial charge in [-0.3, -0.25) is 4.79 Å². The number of amides is 2. The summed E-state index contributed by atoms with van der Waals surface area (Å²) in [6, 6.07) is 17.4. The summed E-state index contributed by atoms with van der Waals surface area (Å²) in [5.41, 5.74) is 1.53. The summed E-state index contributed by atoms with van der Waals surface area (Å²) in [4.78, 5) is 36.7. The highest BCUT2D eigenvalue weighted by Gasteiger charge is 2.51. The van der Waals surface area contributed by atoms with Gasteiger partial charge in [0.05, 0.1) is 7.11 Å². The van der Waals surface area contributed by atoms with Crippen molar-refractivity contribution in [3.8, 4) is 0 Å². The largest absolute Gasteiger partial charge is 0.468 e. The van der Waals surface area contributed by atoms with Gasteiger partial charge in [0.2, 0.25) is 0 Å². The number of methoxy groups -OCH3 is 1. The molecule has 0 spiro atoms. The van der Waals surface area contributed by atoms with E-state index in [4.69, 9.17) is 9.47 Å². The number of rotatable bonds is 6. The van der Waals surface area contributed by atoms with Crippen LogP contribution in [0.5, 0.6) is 0 Å². The number of nitrogens with zero attached hydrogens (tertiary/aromatic N) is 2. The Morgan fingerprint density at radius 2 is 1.36 bits per heavy atom. The van der Waals surface area contributed by atoms with Gasteiger partial charge in [0.1, 0.15) is 19.3 Å². The smallest absolute Gasteiger partial charge is 0.434 e. The lowest BCUT2D eigenvalue weighted by atomic mass is 10.2. The molecule has 2 amide bonds. The summed E-state index contributed by atoms with van der Waals surface area (Å²) in [5, 5.41) is 1.94. The fourth-order valence-electron chi connectivity index (χ4n) is 2.53. The number of esters is 1. The molecule has 2 aromatic carbocycles. The summed E-state index contributed by atoms with van der Waals surface area (Å²) in [6.45, 7) is 0.130. The average Bonchev–Trinajstić information content (AvgIpc) is 3.52. The molecular weight excluding hydrogens is 364 g/mol. The maximum atomic E-state index is 12.5. The third-order valence-corrected chi connectivity index (χ3v) is 4.07. The SMILES string of the molecule is COC(=O)C1CN1N(C(=O)OCc1ccccc1)C(=O)OCc1ccccc1. The van der Waals surface area contributed by atoms with Gasteiger partial charge in [-0.05, 0) is 11.1 Å². The molecule has 1 heterocycles. The Balaban J connectivity index is 1.65. The van der Waals surface area contributed by atoms with Gasteiger partial charge in [0, 0.05) is 6.54 Å². The molecule has 1 saturated heterocycles. The zero-order valence-electron chi connectivity index (χ0n) is 15.3. The zero-order valence-corrected chi connectivity index (χ0v) is 15.3. The number of benzene rings is 2. The lowest BCUT2D eigenvalue weighted by Crippen LogP contribution is -2.43. The molecule has 8 nitrogen and oxygen atoms in total. The van der Waals surface area contributed by atoms with Crippen LogP contribution in [0.25, 0.3) is 0 Å². The highest BCUT2D eigenvalue weighted by Crippen LogP contribution is 2.24. The van der Waals surface area contributed by atoms with Crippen molar-refractivity contribution in [1.29, 1.82) is 0 Å². The molecule has 28 heavy (non-hydrogen) atoms. The predicted molar refractivity (Wildman–Crippen MR) is 97.6 cm³/mol. The van der Waals surface area contributed by atoms with Crippen LogP contribution in [0, 0.1) is 0 Å². The molecule has 8 heteroatoms. The first kappa shape index (κ1) is 19.4. The van der Waals surface area contributed by atoms with Gasteiger partial charge in [-0.2, -0.15) is 5.01 Å². The van der Waals surface area contributed by atoms with Crippen molar-refractivity contribution < 1.29 is 28.6 Å². The molecule has 0 saturated carbocycles. The Bertz CT molecular complexity index is 772. The predicted octanol–water partition coefficient (Wildman–Crippen LogP) is 2.73. The van der Waals surface area contributed by atoms with E-state index < -0.39 is 24.2 Å². The molecule has 0 aliphatic carbocycles. The minimum Gasteiger partial charge on any atom is -0.468 e. The van der Waals surface area contributed by atoms with E-state index in [1.165, 1.54) is 12.1 Å². The molecule has 0 bridgehead atoms. The minimum atomic E-state index is -0.923. The average molecular weight is 384 g/mol. The van der Waals surface area contributed by atoms with E-state index >= 15 is 0 Å². The van der Waals surface area contributed by atoms with Crippen LogP contribution in [0.4, 0.5) is 9.59 Å². The number of ether oxygens (including phenoxy) is 3. The van der Waals surface area contributed by atoms with Gasteiger partial charge in [0.15, 0.2) is 0 Å². The van der Waals surface area contributed by atoms with Crippen LogP contribution in [0.15, 0.2) is 60.7 Å². The summed E-state index contributed by atoms with van der Waals surface area (Å²) < 4.78 is 15.1. The lowest BCUT2D eigenvalue weighted by Gasteiger charge is -2.21. The van der Waals surface area contributed by atoms with Crippen LogP contribution in [0.1, 0.15) is 11.1 Å². The molecule has 0 aromatic heterocycles. The van der Waals surface area contributed by atoms with Gasteiger partial charge in [0.25, 0.3) is 0 Å². The Labute approximate surface area is 162 Å². The van der Waals surface area contributed by atoms with Gasteiger partial charge < -0.3 is 14.2 Å². The topological polar surface area (TPSA) is 85.2 Å². The first-order valence-corrected chi connectivity index (χ1v) is 8.66. The highest BCUT2D eigenvalue weighted by molar-refractivity contribution is 5.89. The first-order valence-electron chi connectivity index (χ1n) is 8.66. The quantitative estimate of drug-likeness (QED) is 0.430. The van der Waals surface area contributed by atoms with Crippen molar-refractivity contribution in [3.05, 3.63) is 71.8 Å². The highest BCUT2D eigenvalue weighted by atomic mass is 16.6. The second-order valence-electron chi connectivity index (χ2n) is 6.05. The van der Waals surface area contributed by atoms with E-state index in [0.29, 0.717) is 5.01 Å². The van der Waals surface area contributed by atoms with Crippen molar-refractivity contribution in [1.82, 2.24) is 10.0 Å². The van der Waals surface area contributed by atoms with E-state index in [9.17, 15) is 14.4 Å². The Hall–Kier alpha value is -3.39. The zero-order chi connectivity index (χ0) is 19.9. The maximum Gasteiger partial charge on any atom is 0.434 e. The number of hydrogen-bond donors (Lipinski definition) is 0.